The molecule has 2 aromatic rings. The van der Waals surface area contributed by atoms with Gasteiger partial charge in [-0.05, 0) is 33.6 Å². The Balaban J connectivity index is 2.02. The Kier molecular flexibility index (Phi) is 3.24. The van der Waals surface area contributed by atoms with E-state index in [1.807, 2.05) is 7.05 Å². The number of benzene rings is 1. The first-order valence-electron chi connectivity index (χ1n) is 4.70. The van der Waals surface area contributed by atoms with Crippen LogP contribution in [0.2, 0.25) is 0 Å². The van der Waals surface area contributed by atoms with Crippen molar-refractivity contribution in [1.82, 2.24) is 9.78 Å². The molecule has 0 aliphatic carbocycles. The van der Waals surface area contributed by atoms with Crippen LogP contribution in [-0.2, 0) is 13.7 Å². The second kappa shape index (κ2) is 4.65. The molecule has 0 amide bonds. The predicted octanol–water partition coefficient (Wildman–Crippen LogP) is 2.90. The third kappa shape index (κ3) is 2.61. The first-order chi connectivity index (χ1) is 7.65. The van der Waals surface area contributed by atoms with Crippen molar-refractivity contribution in [2.45, 2.75) is 6.61 Å². The Morgan fingerprint density at radius 2 is 2.31 bits per heavy atom. The molecule has 84 valence electrons. The van der Waals surface area contributed by atoms with Crippen molar-refractivity contribution in [2.75, 3.05) is 0 Å². The van der Waals surface area contributed by atoms with E-state index in [1.165, 1.54) is 6.07 Å². The number of aromatic nitrogens is 2. The van der Waals surface area contributed by atoms with E-state index in [2.05, 4.69) is 21.0 Å². The third-order valence-corrected chi connectivity index (χ3v) is 2.68. The summed E-state index contributed by atoms with van der Waals surface area (Å²) in [4.78, 5) is 0. The highest BCUT2D eigenvalue weighted by Gasteiger charge is 2.02. The van der Waals surface area contributed by atoms with Crippen molar-refractivity contribution in [3.8, 4) is 5.75 Å². The van der Waals surface area contributed by atoms with Crippen LogP contribution in [0.15, 0.2) is 35.1 Å². The summed E-state index contributed by atoms with van der Waals surface area (Å²) in [5.41, 5.74) is 0.900. The molecule has 0 aliphatic rings. The van der Waals surface area contributed by atoms with Gasteiger partial charge < -0.3 is 4.74 Å². The van der Waals surface area contributed by atoms with Gasteiger partial charge in [0.1, 0.15) is 12.4 Å². The summed E-state index contributed by atoms with van der Waals surface area (Å²) in [6.07, 6.45) is 3.41. The molecule has 1 aromatic heterocycles. The van der Waals surface area contributed by atoms with Crippen LogP contribution in [-0.4, -0.2) is 9.78 Å². The Labute approximate surface area is 101 Å². The fourth-order valence-corrected chi connectivity index (χ4v) is 1.70. The van der Waals surface area contributed by atoms with Crippen LogP contribution in [0.5, 0.6) is 5.75 Å². The Hall–Kier alpha value is -1.36. The van der Waals surface area contributed by atoms with Gasteiger partial charge in [-0.25, -0.2) is 4.39 Å². The molecule has 1 aromatic carbocycles. The molecule has 0 radical (unpaired) electrons. The molecule has 3 nitrogen and oxygen atoms in total. The van der Waals surface area contributed by atoms with Gasteiger partial charge in [0.2, 0.25) is 0 Å². The van der Waals surface area contributed by atoms with Crippen LogP contribution < -0.4 is 4.74 Å². The highest BCUT2D eigenvalue weighted by atomic mass is 79.9. The average Bonchev–Trinajstić information content (AvgIpc) is 2.66. The minimum Gasteiger partial charge on any atom is -0.486 e. The minimum atomic E-state index is -0.273. The van der Waals surface area contributed by atoms with Crippen LogP contribution in [0.25, 0.3) is 0 Å². The van der Waals surface area contributed by atoms with Gasteiger partial charge >= 0.3 is 0 Å². The first-order valence-corrected chi connectivity index (χ1v) is 5.50. The molecular formula is C11H10BrFN2O. The van der Waals surface area contributed by atoms with Crippen molar-refractivity contribution in [1.29, 1.82) is 0 Å². The lowest BCUT2D eigenvalue weighted by Crippen LogP contribution is -1.95. The molecule has 5 heteroatoms. The fraction of sp³-hybridized carbons (Fsp3) is 0.182. The van der Waals surface area contributed by atoms with E-state index in [0.29, 0.717) is 16.8 Å². The summed E-state index contributed by atoms with van der Waals surface area (Å²) in [5, 5.41) is 3.98. The SMILES string of the molecule is Cn1cc(OCc2ccc(F)c(Br)c2)cn1. The molecule has 0 saturated carbocycles. The van der Waals surface area contributed by atoms with E-state index in [-0.39, 0.29) is 5.82 Å². The highest BCUT2D eigenvalue weighted by molar-refractivity contribution is 9.10. The number of aryl methyl sites for hydroxylation is 1. The summed E-state index contributed by atoms with van der Waals surface area (Å²) in [7, 11) is 1.82. The fourth-order valence-electron chi connectivity index (χ4n) is 1.27. The van der Waals surface area contributed by atoms with Crippen LogP contribution in [0.4, 0.5) is 4.39 Å². The molecule has 1 heterocycles. The zero-order valence-corrected chi connectivity index (χ0v) is 10.2. The molecule has 0 unspecified atom stereocenters. The normalized spacial score (nSPS) is 10.4. The monoisotopic (exact) mass is 284 g/mol. The zero-order valence-electron chi connectivity index (χ0n) is 8.65. The van der Waals surface area contributed by atoms with E-state index in [1.54, 1.807) is 29.2 Å². The van der Waals surface area contributed by atoms with E-state index < -0.39 is 0 Å². The van der Waals surface area contributed by atoms with Gasteiger partial charge in [0.15, 0.2) is 5.75 Å². The molecular weight excluding hydrogens is 275 g/mol. The molecule has 0 N–H and O–H groups in total. The van der Waals surface area contributed by atoms with Crippen LogP contribution >= 0.6 is 15.9 Å². The Morgan fingerprint density at radius 3 is 2.94 bits per heavy atom. The number of rotatable bonds is 3. The maximum atomic E-state index is 13.0. The zero-order chi connectivity index (χ0) is 11.5. The van der Waals surface area contributed by atoms with Gasteiger partial charge in [-0.15, -0.1) is 0 Å². The van der Waals surface area contributed by atoms with Crippen molar-refractivity contribution in [3.05, 3.63) is 46.4 Å². The lowest BCUT2D eigenvalue weighted by Gasteiger charge is -2.04. The summed E-state index contributed by atoms with van der Waals surface area (Å²) in [6, 6.07) is 4.80. The maximum absolute atomic E-state index is 13.0. The smallest absolute Gasteiger partial charge is 0.157 e. The topological polar surface area (TPSA) is 27.1 Å². The molecule has 2 rings (SSSR count). The number of nitrogens with zero attached hydrogens (tertiary/aromatic N) is 2. The van der Waals surface area contributed by atoms with Gasteiger partial charge in [0.25, 0.3) is 0 Å². The second-order valence-electron chi connectivity index (χ2n) is 3.39. The van der Waals surface area contributed by atoms with Gasteiger partial charge in [0.05, 0.1) is 16.9 Å². The van der Waals surface area contributed by atoms with Crippen LogP contribution in [0.1, 0.15) is 5.56 Å². The number of hydrogen-bond donors (Lipinski definition) is 0. The largest absolute Gasteiger partial charge is 0.486 e. The lowest BCUT2D eigenvalue weighted by molar-refractivity contribution is 0.305. The molecule has 16 heavy (non-hydrogen) atoms. The van der Waals surface area contributed by atoms with E-state index in [4.69, 9.17) is 4.74 Å². The molecule has 0 fully saturated rings. The molecule has 0 bridgehead atoms. The van der Waals surface area contributed by atoms with Crippen molar-refractivity contribution < 1.29 is 9.13 Å². The Bertz CT molecular complexity index is 498. The molecule has 0 spiro atoms. The predicted molar refractivity (Wildman–Crippen MR) is 61.6 cm³/mol. The van der Waals surface area contributed by atoms with Crippen molar-refractivity contribution in [2.24, 2.45) is 7.05 Å². The quantitative estimate of drug-likeness (QED) is 0.867. The van der Waals surface area contributed by atoms with Crippen LogP contribution in [0.3, 0.4) is 0 Å². The number of hydrogen-bond acceptors (Lipinski definition) is 2. The summed E-state index contributed by atoms with van der Waals surface area (Å²) >= 11 is 3.13. The summed E-state index contributed by atoms with van der Waals surface area (Å²) in [5.74, 6) is 0.424. The molecule has 0 saturated heterocycles. The second-order valence-corrected chi connectivity index (χ2v) is 4.24. The number of ether oxygens (including phenoxy) is 1. The van der Waals surface area contributed by atoms with Crippen molar-refractivity contribution >= 4 is 15.9 Å². The maximum Gasteiger partial charge on any atom is 0.157 e. The number of halogens is 2. The van der Waals surface area contributed by atoms with Crippen LogP contribution in [0, 0.1) is 5.82 Å². The standard InChI is InChI=1S/C11H10BrFN2O/c1-15-6-9(5-14-15)16-7-8-2-3-11(13)10(12)4-8/h2-6H,7H2,1H3. The van der Waals surface area contributed by atoms with E-state index in [9.17, 15) is 4.39 Å². The average molecular weight is 285 g/mol. The lowest BCUT2D eigenvalue weighted by atomic mass is 10.2. The summed E-state index contributed by atoms with van der Waals surface area (Å²) in [6.45, 7) is 0.393. The van der Waals surface area contributed by atoms with Gasteiger partial charge in [-0.1, -0.05) is 6.07 Å². The van der Waals surface area contributed by atoms with E-state index in [0.717, 1.165) is 5.56 Å². The minimum absolute atomic E-state index is 0.273. The third-order valence-electron chi connectivity index (χ3n) is 2.07. The molecule has 0 atom stereocenters. The summed E-state index contributed by atoms with van der Waals surface area (Å²) < 4.78 is 20.6. The van der Waals surface area contributed by atoms with Gasteiger partial charge in [0, 0.05) is 7.05 Å². The Morgan fingerprint density at radius 1 is 1.50 bits per heavy atom. The molecule has 0 aliphatic heterocycles. The highest BCUT2D eigenvalue weighted by Crippen LogP contribution is 2.18. The first kappa shape index (κ1) is 11.1. The van der Waals surface area contributed by atoms with E-state index >= 15 is 0 Å². The van der Waals surface area contributed by atoms with Gasteiger partial charge in [-0.2, -0.15) is 5.10 Å². The van der Waals surface area contributed by atoms with Gasteiger partial charge in [-0.3, -0.25) is 4.68 Å². The van der Waals surface area contributed by atoms with Crippen molar-refractivity contribution in [3.63, 3.8) is 0 Å².